The number of benzene rings is 3. The lowest BCUT2D eigenvalue weighted by atomic mass is 10.0. The summed E-state index contributed by atoms with van der Waals surface area (Å²) in [6.45, 7) is 1.59. The van der Waals surface area contributed by atoms with Gasteiger partial charge in [-0.05, 0) is 29.8 Å². The van der Waals surface area contributed by atoms with E-state index in [2.05, 4.69) is 70.4 Å². The van der Waals surface area contributed by atoms with Crippen LogP contribution in [-0.2, 0) is 13.1 Å². The highest BCUT2D eigenvalue weighted by molar-refractivity contribution is 5.77. The molecule has 0 saturated heterocycles. The van der Waals surface area contributed by atoms with Crippen molar-refractivity contribution in [3.8, 4) is 11.1 Å². The fraction of sp³-hybridized carbons (Fsp3) is 0.130. The summed E-state index contributed by atoms with van der Waals surface area (Å²) in [7, 11) is 2.10. The minimum atomic E-state index is 0.727. The fourth-order valence-electron chi connectivity index (χ4n) is 3.13. The largest absolute Gasteiger partial charge is 0.295 e. The van der Waals surface area contributed by atoms with Gasteiger partial charge in [0.1, 0.15) is 5.82 Å². The second-order valence-corrected chi connectivity index (χ2v) is 6.58. The van der Waals surface area contributed by atoms with E-state index in [0.29, 0.717) is 0 Å². The minimum Gasteiger partial charge on any atom is -0.295 e. The van der Waals surface area contributed by atoms with Gasteiger partial charge in [-0.25, -0.2) is 9.97 Å². The molecule has 0 radical (unpaired) electrons. The van der Waals surface area contributed by atoms with Crippen LogP contribution in [0.1, 0.15) is 11.4 Å². The monoisotopic (exact) mass is 339 g/mol. The second kappa shape index (κ2) is 7.46. The Morgan fingerprint density at radius 1 is 0.731 bits per heavy atom. The normalized spacial score (nSPS) is 11.2. The summed E-state index contributed by atoms with van der Waals surface area (Å²) in [4.78, 5) is 11.4. The first-order valence-corrected chi connectivity index (χ1v) is 8.81. The number of para-hydroxylation sites is 1. The van der Waals surface area contributed by atoms with Crippen molar-refractivity contribution in [3.05, 3.63) is 96.4 Å². The van der Waals surface area contributed by atoms with Gasteiger partial charge in [0.25, 0.3) is 0 Å². The van der Waals surface area contributed by atoms with Crippen LogP contribution >= 0.6 is 0 Å². The predicted molar refractivity (Wildman–Crippen MR) is 107 cm³/mol. The first-order valence-electron chi connectivity index (χ1n) is 8.81. The van der Waals surface area contributed by atoms with Gasteiger partial charge in [0.2, 0.25) is 0 Å². The molecule has 1 heterocycles. The highest BCUT2D eigenvalue weighted by Gasteiger charge is 2.06. The van der Waals surface area contributed by atoms with Crippen molar-refractivity contribution in [3.63, 3.8) is 0 Å². The zero-order chi connectivity index (χ0) is 17.8. The van der Waals surface area contributed by atoms with Crippen molar-refractivity contribution in [2.24, 2.45) is 0 Å². The lowest BCUT2D eigenvalue weighted by Gasteiger charge is -2.16. The minimum absolute atomic E-state index is 0.727. The Morgan fingerprint density at radius 2 is 1.42 bits per heavy atom. The SMILES string of the molecule is CN(Cc1ccc(-c2ccccc2)cc1)Cc1ncc2ccccc2n1. The molecule has 0 spiro atoms. The number of nitrogens with zero attached hydrogens (tertiary/aromatic N) is 3. The van der Waals surface area contributed by atoms with E-state index >= 15 is 0 Å². The average molecular weight is 339 g/mol. The smallest absolute Gasteiger partial charge is 0.142 e. The molecular formula is C23H21N3. The number of rotatable bonds is 5. The topological polar surface area (TPSA) is 29.0 Å². The molecule has 0 fully saturated rings. The molecule has 0 atom stereocenters. The summed E-state index contributed by atoms with van der Waals surface area (Å²) in [6, 6.07) is 27.3. The quantitative estimate of drug-likeness (QED) is 0.516. The Hall–Kier alpha value is -3.04. The maximum Gasteiger partial charge on any atom is 0.142 e. The lowest BCUT2D eigenvalue weighted by Crippen LogP contribution is -2.18. The molecule has 4 aromatic rings. The number of aromatic nitrogens is 2. The van der Waals surface area contributed by atoms with Gasteiger partial charge in [-0.15, -0.1) is 0 Å². The summed E-state index contributed by atoms with van der Waals surface area (Å²) in [6.07, 6.45) is 1.90. The van der Waals surface area contributed by atoms with Crippen LogP contribution in [0.3, 0.4) is 0 Å². The van der Waals surface area contributed by atoms with Gasteiger partial charge in [0, 0.05) is 18.1 Å². The van der Waals surface area contributed by atoms with E-state index in [0.717, 1.165) is 29.8 Å². The highest BCUT2D eigenvalue weighted by Crippen LogP contribution is 2.20. The van der Waals surface area contributed by atoms with Gasteiger partial charge in [-0.3, -0.25) is 4.90 Å². The van der Waals surface area contributed by atoms with Gasteiger partial charge < -0.3 is 0 Å². The molecule has 26 heavy (non-hydrogen) atoms. The van der Waals surface area contributed by atoms with E-state index in [9.17, 15) is 0 Å². The molecule has 3 aromatic carbocycles. The average Bonchev–Trinajstić information content (AvgIpc) is 2.69. The van der Waals surface area contributed by atoms with Gasteiger partial charge in [0.15, 0.2) is 0 Å². The van der Waals surface area contributed by atoms with E-state index in [1.54, 1.807) is 0 Å². The molecule has 1 aromatic heterocycles. The predicted octanol–water partition coefficient (Wildman–Crippen LogP) is 4.93. The third kappa shape index (κ3) is 3.79. The molecule has 0 unspecified atom stereocenters. The summed E-state index contributed by atoms with van der Waals surface area (Å²) >= 11 is 0. The van der Waals surface area contributed by atoms with E-state index < -0.39 is 0 Å². The standard InChI is InChI=1S/C23H21N3/c1-26(17-23-24-15-21-9-5-6-10-22(21)25-23)16-18-11-13-20(14-12-18)19-7-3-2-4-8-19/h2-15H,16-17H2,1H3. The Labute approximate surface area is 154 Å². The molecule has 3 heteroatoms. The molecule has 0 aliphatic heterocycles. The first-order chi connectivity index (χ1) is 12.8. The van der Waals surface area contributed by atoms with Crippen molar-refractivity contribution >= 4 is 10.9 Å². The molecular weight excluding hydrogens is 318 g/mol. The van der Waals surface area contributed by atoms with Crippen molar-refractivity contribution in [1.29, 1.82) is 0 Å². The van der Waals surface area contributed by atoms with Crippen LogP contribution in [-0.4, -0.2) is 21.9 Å². The summed E-state index contributed by atoms with van der Waals surface area (Å²) in [5, 5.41) is 1.08. The first kappa shape index (κ1) is 16.4. The van der Waals surface area contributed by atoms with E-state index in [-0.39, 0.29) is 0 Å². The Balaban J connectivity index is 1.43. The summed E-state index contributed by atoms with van der Waals surface area (Å²) in [5.74, 6) is 0.854. The third-order valence-electron chi connectivity index (χ3n) is 4.46. The van der Waals surface area contributed by atoms with Crippen LogP contribution in [0, 0.1) is 0 Å². The van der Waals surface area contributed by atoms with Gasteiger partial charge >= 0.3 is 0 Å². The lowest BCUT2D eigenvalue weighted by molar-refractivity contribution is 0.311. The van der Waals surface area contributed by atoms with E-state index in [1.807, 2.05) is 36.5 Å². The molecule has 4 rings (SSSR count). The maximum atomic E-state index is 4.66. The second-order valence-electron chi connectivity index (χ2n) is 6.58. The van der Waals surface area contributed by atoms with Crippen LogP contribution in [0.15, 0.2) is 85.1 Å². The Bertz CT molecular complexity index is 995. The van der Waals surface area contributed by atoms with Gasteiger partial charge in [-0.2, -0.15) is 0 Å². The summed E-state index contributed by atoms with van der Waals surface area (Å²) < 4.78 is 0. The summed E-state index contributed by atoms with van der Waals surface area (Å²) in [5.41, 5.74) is 4.78. The Kier molecular flexibility index (Phi) is 4.71. The van der Waals surface area contributed by atoms with Gasteiger partial charge in [-0.1, -0.05) is 72.8 Å². The van der Waals surface area contributed by atoms with Crippen molar-refractivity contribution in [2.45, 2.75) is 13.1 Å². The van der Waals surface area contributed by atoms with Crippen LogP contribution in [0.2, 0.25) is 0 Å². The van der Waals surface area contributed by atoms with E-state index in [4.69, 9.17) is 0 Å². The molecule has 3 nitrogen and oxygen atoms in total. The molecule has 0 amide bonds. The number of hydrogen-bond donors (Lipinski definition) is 0. The van der Waals surface area contributed by atoms with Crippen molar-refractivity contribution in [1.82, 2.24) is 14.9 Å². The zero-order valence-electron chi connectivity index (χ0n) is 14.8. The zero-order valence-corrected chi connectivity index (χ0v) is 14.8. The van der Waals surface area contributed by atoms with Crippen LogP contribution in [0.25, 0.3) is 22.0 Å². The van der Waals surface area contributed by atoms with Gasteiger partial charge in [0.05, 0.1) is 12.1 Å². The molecule has 128 valence electrons. The number of fused-ring (bicyclic) bond motifs is 1. The highest BCUT2D eigenvalue weighted by atomic mass is 15.1. The molecule has 0 aliphatic rings. The Morgan fingerprint density at radius 3 is 2.23 bits per heavy atom. The van der Waals surface area contributed by atoms with Crippen molar-refractivity contribution < 1.29 is 0 Å². The van der Waals surface area contributed by atoms with Crippen molar-refractivity contribution in [2.75, 3.05) is 7.05 Å². The molecule has 0 aliphatic carbocycles. The molecule has 0 bridgehead atoms. The van der Waals surface area contributed by atoms with Crippen LogP contribution in [0.5, 0.6) is 0 Å². The van der Waals surface area contributed by atoms with Crippen LogP contribution in [0.4, 0.5) is 0 Å². The molecule has 0 saturated carbocycles. The van der Waals surface area contributed by atoms with Crippen LogP contribution < -0.4 is 0 Å². The van der Waals surface area contributed by atoms with E-state index in [1.165, 1.54) is 16.7 Å². The maximum absolute atomic E-state index is 4.66. The molecule has 0 N–H and O–H groups in total. The fourth-order valence-corrected chi connectivity index (χ4v) is 3.13. The number of hydrogen-bond acceptors (Lipinski definition) is 3. The third-order valence-corrected chi connectivity index (χ3v) is 4.46.